The van der Waals surface area contributed by atoms with Gasteiger partial charge in [0.2, 0.25) is 0 Å². The highest BCUT2D eigenvalue weighted by atomic mass is 19.1. The molecule has 0 bridgehead atoms. The number of hydrogen-bond acceptors (Lipinski definition) is 3. The Morgan fingerprint density at radius 1 is 1.20 bits per heavy atom. The number of anilines is 3. The van der Waals surface area contributed by atoms with Gasteiger partial charge >= 0.3 is 0 Å². The highest BCUT2D eigenvalue weighted by Crippen LogP contribution is 2.25. The maximum Gasteiger partial charge on any atom is 0.251 e. The van der Waals surface area contributed by atoms with E-state index in [1.54, 1.807) is 44.3 Å². The summed E-state index contributed by atoms with van der Waals surface area (Å²) < 4.78 is 13.5. The van der Waals surface area contributed by atoms with Gasteiger partial charge in [0, 0.05) is 18.3 Å². The second kappa shape index (κ2) is 5.61. The van der Waals surface area contributed by atoms with Crippen LogP contribution in [0.2, 0.25) is 0 Å². The summed E-state index contributed by atoms with van der Waals surface area (Å²) in [6, 6.07) is 9.78. The molecule has 0 aliphatic rings. The molecule has 0 spiro atoms. The standard InChI is InChI=1S/C15H16FN3O/c1-9-3-5-11(8-12(9)16)19-14-6-4-10(7-13(14)17)15(20)18-2/h3-8,19H,17H2,1-2H3,(H,18,20). The Kier molecular flexibility index (Phi) is 3.89. The third-order valence-electron chi connectivity index (χ3n) is 2.99. The third-order valence-corrected chi connectivity index (χ3v) is 2.99. The molecule has 2 aromatic rings. The van der Waals surface area contributed by atoms with Crippen LogP contribution in [0.15, 0.2) is 36.4 Å². The average molecular weight is 273 g/mol. The van der Waals surface area contributed by atoms with Crippen LogP contribution >= 0.6 is 0 Å². The molecule has 0 saturated heterocycles. The van der Waals surface area contributed by atoms with Gasteiger partial charge in [0.1, 0.15) is 5.82 Å². The number of nitrogens with two attached hydrogens (primary N) is 1. The van der Waals surface area contributed by atoms with Crippen molar-refractivity contribution in [3.8, 4) is 0 Å². The molecule has 2 rings (SSSR count). The molecule has 0 unspecified atom stereocenters. The van der Waals surface area contributed by atoms with Gasteiger partial charge in [-0.15, -0.1) is 0 Å². The maximum absolute atomic E-state index is 13.5. The molecule has 0 aromatic heterocycles. The summed E-state index contributed by atoms with van der Waals surface area (Å²) in [5.41, 5.74) is 8.61. The van der Waals surface area contributed by atoms with Gasteiger partial charge in [-0.25, -0.2) is 4.39 Å². The molecule has 4 nitrogen and oxygen atoms in total. The Balaban J connectivity index is 2.25. The van der Waals surface area contributed by atoms with E-state index in [9.17, 15) is 9.18 Å². The highest BCUT2D eigenvalue weighted by Gasteiger charge is 2.07. The van der Waals surface area contributed by atoms with E-state index in [0.29, 0.717) is 28.2 Å². The fraction of sp³-hybridized carbons (Fsp3) is 0.133. The second-order valence-electron chi connectivity index (χ2n) is 4.47. The number of hydrogen-bond donors (Lipinski definition) is 3. The molecule has 1 amide bonds. The molecule has 0 atom stereocenters. The number of nitrogens with one attached hydrogen (secondary N) is 2. The first kappa shape index (κ1) is 13.9. The second-order valence-corrected chi connectivity index (χ2v) is 4.47. The van der Waals surface area contributed by atoms with Gasteiger partial charge in [0.15, 0.2) is 0 Å². The van der Waals surface area contributed by atoms with E-state index in [2.05, 4.69) is 10.6 Å². The number of aryl methyl sites for hydroxylation is 1. The third kappa shape index (κ3) is 2.88. The molecule has 4 N–H and O–H groups in total. The minimum atomic E-state index is -0.282. The van der Waals surface area contributed by atoms with E-state index in [0.717, 1.165) is 0 Å². The zero-order chi connectivity index (χ0) is 14.7. The quantitative estimate of drug-likeness (QED) is 0.753. The summed E-state index contributed by atoms with van der Waals surface area (Å²) in [4.78, 5) is 11.5. The van der Waals surface area contributed by atoms with Crippen molar-refractivity contribution < 1.29 is 9.18 Å². The summed E-state index contributed by atoms with van der Waals surface area (Å²) in [6.45, 7) is 1.70. The van der Waals surface area contributed by atoms with Gasteiger partial charge in [-0.05, 0) is 42.8 Å². The van der Waals surface area contributed by atoms with Gasteiger partial charge < -0.3 is 16.4 Å². The van der Waals surface area contributed by atoms with Crippen molar-refractivity contribution in [1.82, 2.24) is 5.32 Å². The molecule has 0 heterocycles. The molecule has 0 aliphatic heterocycles. The molecule has 0 saturated carbocycles. The molecular weight excluding hydrogens is 257 g/mol. The normalized spacial score (nSPS) is 10.2. The minimum Gasteiger partial charge on any atom is -0.397 e. The van der Waals surface area contributed by atoms with Crippen molar-refractivity contribution >= 4 is 23.0 Å². The minimum absolute atomic E-state index is 0.204. The number of rotatable bonds is 3. The summed E-state index contributed by atoms with van der Waals surface area (Å²) in [5.74, 6) is -0.486. The zero-order valence-electron chi connectivity index (χ0n) is 11.3. The van der Waals surface area contributed by atoms with Gasteiger partial charge in [-0.3, -0.25) is 4.79 Å². The number of carbonyl (C=O) groups excluding carboxylic acids is 1. The van der Waals surface area contributed by atoms with Gasteiger partial charge in [-0.1, -0.05) is 6.07 Å². The van der Waals surface area contributed by atoms with E-state index in [4.69, 9.17) is 5.73 Å². The number of halogens is 1. The van der Waals surface area contributed by atoms with Crippen molar-refractivity contribution in [2.45, 2.75) is 6.92 Å². The van der Waals surface area contributed by atoms with Crippen LogP contribution in [0.1, 0.15) is 15.9 Å². The van der Waals surface area contributed by atoms with Gasteiger partial charge in [-0.2, -0.15) is 0 Å². The topological polar surface area (TPSA) is 67.2 Å². The summed E-state index contributed by atoms with van der Waals surface area (Å²) in [6.07, 6.45) is 0. The lowest BCUT2D eigenvalue weighted by Crippen LogP contribution is -2.17. The van der Waals surface area contributed by atoms with E-state index in [-0.39, 0.29) is 11.7 Å². The van der Waals surface area contributed by atoms with E-state index < -0.39 is 0 Å². The zero-order valence-corrected chi connectivity index (χ0v) is 11.3. The molecule has 20 heavy (non-hydrogen) atoms. The van der Waals surface area contributed by atoms with Crippen LogP contribution in [0.4, 0.5) is 21.5 Å². The SMILES string of the molecule is CNC(=O)c1ccc(Nc2ccc(C)c(F)c2)c(N)c1. The Bertz CT molecular complexity index is 656. The largest absolute Gasteiger partial charge is 0.397 e. The van der Waals surface area contributed by atoms with E-state index in [1.807, 2.05) is 0 Å². The Hall–Kier alpha value is -2.56. The van der Waals surface area contributed by atoms with Crippen LogP contribution in [-0.2, 0) is 0 Å². The number of carbonyl (C=O) groups is 1. The van der Waals surface area contributed by atoms with Crippen LogP contribution in [0.5, 0.6) is 0 Å². The summed E-state index contributed by atoms with van der Waals surface area (Å²) >= 11 is 0. The van der Waals surface area contributed by atoms with Gasteiger partial charge in [0.05, 0.1) is 11.4 Å². The first-order valence-corrected chi connectivity index (χ1v) is 6.16. The lowest BCUT2D eigenvalue weighted by molar-refractivity contribution is 0.0963. The Morgan fingerprint density at radius 3 is 2.55 bits per heavy atom. The monoisotopic (exact) mass is 273 g/mol. The number of nitrogen functional groups attached to an aromatic ring is 1. The van der Waals surface area contributed by atoms with Gasteiger partial charge in [0.25, 0.3) is 5.91 Å². The molecule has 2 aromatic carbocycles. The number of amides is 1. The van der Waals surface area contributed by atoms with Crippen molar-refractivity contribution in [3.05, 3.63) is 53.3 Å². The lowest BCUT2D eigenvalue weighted by Gasteiger charge is -2.11. The molecule has 104 valence electrons. The van der Waals surface area contributed by atoms with Crippen LogP contribution in [-0.4, -0.2) is 13.0 Å². The predicted octanol–water partition coefficient (Wildman–Crippen LogP) is 2.82. The summed E-state index contributed by atoms with van der Waals surface area (Å²) in [7, 11) is 1.56. The molecule has 0 fully saturated rings. The van der Waals surface area contributed by atoms with Crippen molar-refractivity contribution in [2.24, 2.45) is 0 Å². The molecule has 0 aliphatic carbocycles. The van der Waals surface area contributed by atoms with Crippen LogP contribution < -0.4 is 16.4 Å². The average Bonchev–Trinajstić information content (AvgIpc) is 2.44. The molecule has 0 radical (unpaired) electrons. The van der Waals surface area contributed by atoms with E-state index >= 15 is 0 Å². The molecule has 5 heteroatoms. The van der Waals surface area contributed by atoms with Crippen molar-refractivity contribution in [3.63, 3.8) is 0 Å². The first-order chi connectivity index (χ1) is 9.51. The predicted molar refractivity (Wildman–Crippen MR) is 78.7 cm³/mol. The smallest absolute Gasteiger partial charge is 0.251 e. The Morgan fingerprint density at radius 2 is 1.95 bits per heavy atom. The number of benzene rings is 2. The molecular formula is C15H16FN3O. The maximum atomic E-state index is 13.5. The van der Waals surface area contributed by atoms with E-state index in [1.165, 1.54) is 6.07 Å². The first-order valence-electron chi connectivity index (χ1n) is 6.16. The highest BCUT2D eigenvalue weighted by molar-refractivity contribution is 5.96. The van der Waals surface area contributed by atoms with Crippen molar-refractivity contribution in [2.75, 3.05) is 18.1 Å². The fourth-order valence-electron chi connectivity index (χ4n) is 1.79. The summed E-state index contributed by atoms with van der Waals surface area (Å²) in [5, 5.41) is 5.55. The Labute approximate surface area is 116 Å². The van der Waals surface area contributed by atoms with Crippen LogP contribution in [0, 0.1) is 12.7 Å². The van der Waals surface area contributed by atoms with Crippen molar-refractivity contribution in [1.29, 1.82) is 0 Å². The fourth-order valence-corrected chi connectivity index (χ4v) is 1.79. The van der Waals surface area contributed by atoms with Crippen LogP contribution in [0.25, 0.3) is 0 Å². The lowest BCUT2D eigenvalue weighted by atomic mass is 10.1. The van der Waals surface area contributed by atoms with Crippen LogP contribution in [0.3, 0.4) is 0 Å².